The SMILES string of the molecule is CC#CC#CC#CC#CC#CC#CC#CC#CC(=O)ON1C(C)(CC)CCC(C)C1(C)CC.[HH].[HH].[HH].[HH].[HH].[HH].[HH].[HH].[HH].[HH].[HH].[HH].[HH].[HH].[HH].[HH]. The lowest BCUT2D eigenvalue weighted by molar-refractivity contribution is -0.281. The standard InChI is InChI=1S/C30H27NO2.16H2/c1-7-10-11-12-13-14-15-16-17-18-19-20-21-22-23-24-28(32)33-31-29(5,8-2)26-25-27(4)30(31,6)9-3;;;;;;;;;;;;;;;;/h27H,8-9,25-26H2,1-6H3;16*1H. The van der Waals surface area contributed by atoms with Gasteiger partial charge < -0.3 is 4.84 Å². The lowest BCUT2D eigenvalue weighted by atomic mass is 9.71. The van der Waals surface area contributed by atoms with Gasteiger partial charge in [-0.05, 0) is 135 Å². The molecule has 3 unspecified atom stereocenters. The molecule has 1 aliphatic rings. The second kappa shape index (κ2) is 14.1. The van der Waals surface area contributed by atoms with Gasteiger partial charge in [-0.2, -0.15) is 0 Å². The molecule has 1 fully saturated rings. The van der Waals surface area contributed by atoms with Crippen LogP contribution in [-0.2, 0) is 9.63 Å². The summed E-state index contributed by atoms with van der Waals surface area (Å²) in [6.45, 7) is 12.4. The monoisotopic (exact) mass is 465 g/mol. The maximum atomic E-state index is 12.4. The van der Waals surface area contributed by atoms with Crippen molar-refractivity contribution < 1.29 is 32.5 Å². The van der Waals surface area contributed by atoms with Crippen LogP contribution in [0, 0.1) is 101 Å². The first-order chi connectivity index (χ1) is 15.8. The van der Waals surface area contributed by atoms with E-state index in [0.29, 0.717) is 5.92 Å². The summed E-state index contributed by atoms with van der Waals surface area (Å²) < 4.78 is 0. The Morgan fingerprint density at radius 2 is 1.30 bits per heavy atom. The van der Waals surface area contributed by atoms with Crippen LogP contribution in [0.4, 0.5) is 0 Å². The van der Waals surface area contributed by atoms with Gasteiger partial charge in [0.1, 0.15) is 0 Å². The quantitative estimate of drug-likeness (QED) is 0.404. The van der Waals surface area contributed by atoms with Crippen molar-refractivity contribution in [2.75, 3.05) is 0 Å². The Balaban J connectivity index is -0.0000000486. The molecule has 0 amide bonds. The van der Waals surface area contributed by atoms with Crippen molar-refractivity contribution in [3.05, 3.63) is 0 Å². The van der Waals surface area contributed by atoms with Crippen molar-refractivity contribution in [2.45, 2.75) is 78.3 Å². The molecule has 3 nitrogen and oxygen atoms in total. The van der Waals surface area contributed by atoms with E-state index in [9.17, 15) is 4.79 Å². The normalized spacial score (nSPS) is 22.1. The zero-order chi connectivity index (χ0) is 24.6. The molecule has 0 spiro atoms. The average Bonchev–Trinajstić information content (AvgIpc) is 2.82. The fourth-order valence-electron chi connectivity index (χ4n) is 3.41. The molecule has 0 aliphatic carbocycles. The molecular weight excluding hydrogens is 406 g/mol. The van der Waals surface area contributed by atoms with Gasteiger partial charge in [0.15, 0.2) is 0 Å². The van der Waals surface area contributed by atoms with E-state index >= 15 is 0 Å². The van der Waals surface area contributed by atoms with Crippen LogP contribution in [-0.4, -0.2) is 22.1 Å². The van der Waals surface area contributed by atoms with Crippen LogP contribution in [0.1, 0.15) is 90.1 Å². The second-order valence-electron chi connectivity index (χ2n) is 7.80. The molecule has 0 aromatic heterocycles. The molecule has 0 aromatic carbocycles. The maximum Gasteiger partial charge on any atom is 0.404 e. The predicted molar refractivity (Wildman–Crippen MR) is 165 cm³/mol. The first-order valence-electron chi connectivity index (χ1n) is 10.8. The van der Waals surface area contributed by atoms with Crippen LogP contribution < -0.4 is 0 Å². The van der Waals surface area contributed by atoms with Crippen molar-refractivity contribution >= 4 is 5.97 Å². The number of hydroxylamine groups is 2. The molecule has 1 rings (SSSR count). The molecule has 0 radical (unpaired) electrons. The summed E-state index contributed by atoms with van der Waals surface area (Å²) in [5, 5.41) is 1.88. The first kappa shape index (κ1) is 26.9. The van der Waals surface area contributed by atoms with Gasteiger partial charge in [-0.25, -0.2) is 4.79 Å². The molecule has 3 atom stereocenters. The number of nitrogens with zero attached hydrogens (tertiary/aromatic N) is 1. The van der Waals surface area contributed by atoms with E-state index in [4.69, 9.17) is 4.84 Å². The summed E-state index contributed by atoms with van der Waals surface area (Å²) in [6, 6.07) is 0. The Hall–Kier alpha value is -4.09. The summed E-state index contributed by atoms with van der Waals surface area (Å²) in [4.78, 5) is 18.1. The Kier molecular flexibility index (Phi) is 11.5. The molecule has 1 heterocycles. The van der Waals surface area contributed by atoms with Gasteiger partial charge in [0.2, 0.25) is 0 Å². The molecule has 33 heavy (non-hydrogen) atoms. The van der Waals surface area contributed by atoms with Crippen molar-refractivity contribution in [1.29, 1.82) is 0 Å². The Labute approximate surface area is 223 Å². The van der Waals surface area contributed by atoms with E-state index in [-0.39, 0.29) is 33.9 Å². The summed E-state index contributed by atoms with van der Waals surface area (Å²) in [6.07, 6.45) is 3.83. The lowest BCUT2D eigenvalue weighted by Crippen LogP contribution is -2.64. The predicted octanol–water partition coefficient (Wildman–Crippen LogP) is 7.50. The zero-order valence-corrected chi connectivity index (χ0v) is 20.2. The third kappa shape index (κ3) is 8.51. The summed E-state index contributed by atoms with van der Waals surface area (Å²) in [5.41, 5.74) is -0.447. The molecule has 196 valence electrons. The van der Waals surface area contributed by atoms with Crippen LogP contribution >= 0.6 is 0 Å². The molecule has 1 saturated heterocycles. The number of hydrogen-bond donors (Lipinski definition) is 0. The molecular formula is C30H59NO2. The van der Waals surface area contributed by atoms with Crippen LogP contribution in [0.25, 0.3) is 0 Å². The number of piperidine rings is 1. The Bertz CT molecular complexity index is 1290. The van der Waals surface area contributed by atoms with E-state index in [1.165, 1.54) is 0 Å². The topological polar surface area (TPSA) is 29.5 Å². The van der Waals surface area contributed by atoms with Crippen molar-refractivity contribution in [1.82, 2.24) is 5.06 Å². The van der Waals surface area contributed by atoms with Gasteiger partial charge in [-0.15, -0.1) is 5.06 Å². The van der Waals surface area contributed by atoms with Gasteiger partial charge in [0.25, 0.3) is 0 Å². The Morgan fingerprint density at radius 3 is 1.73 bits per heavy atom. The van der Waals surface area contributed by atoms with Gasteiger partial charge in [-0.1, -0.05) is 26.7 Å². The molecule has 0 bridgehead atoms. The molecule has 0 N–H and O–H groups in total. The van der Waals surface area contributed by atoms with Crippen molar-refractivity contribution in [3.63, 3.8) is 0 Å². The van der Waals surface area contributed by atoms with Gasteiger partial charge >= 0.3 is 5.97 Å². The number of hydrogen-bond acceptors (Lipinski definition) is 3. The third-order valence-electron chi connectivity index (χ3n) is 5.89. The van der Waals surface area contributed by atoms with Crippen LogP contribution in [0.2, 0.25) is 0 Å². The number of rotatable bonds is 3. The van der Waals surface area contributed by atoms with Gasteiger partial charge in [0, 0.05) is 28.7 Å². The van der Waals surface area contributed by atoms with E-state index in [2.05, 4.69) is 129 Å². The van der Waals surface area contributed by atoms with Crippen molar-refractivity contribution in [3.8, 4) is 94.7 Å². The lowest BCUT2D eigenvalue weighted by Gasteiger charge is -2.55. The van der Waals surface area contributed by atoms with E-state index < -0.39 is 5.97 Å². The fourth-order valence-corrected chi connectivity index (χ4v) is 3.41. The van der Waals surface area contributed by atoms with Crippen LogP contribution in [0.5, 0.6) is 0 Å². The number of carbonyl (C=O) groups is 1. The van der Waals surface area contributed by atoms with E-state index in [1.54, 1.807) is 6.92 Å². The highest BCUT2D eigenvalue weighted by atomic mass is 16.7. The van der Waals surface area contributed by atoms with Crippen LogP contribution in [0.15, 0.2) is 0 Å². The minimum Gasteiger partial charge on any atom is -0.357 e. The second-order valence-corrected chi connectivity index (χ2v) is 7.80. The molecule has 1 aliphatic heterocycles. The minimum absolute atomic E-state index is 0. The van der Waals surface area contributed by atoms with E-state index in [1.807, 2.05) is 5.06 Å². The minimum atomic E-state index is -0.617. The van der Waals surface area contributed by atoms with Crippen LogP contribution in [0.3, 0.4) is 0 Å². The molecule has 0 saturated carbocycles. The highest BCUT2D eigenvalue weighted by Crippen LogP contribution is 2.45. The first-order valence-corrected chi connectivity index (χ1v) is 10.8. The molecule has 0 aromatic rings. The summed E-state index contributed by atoms with van der Waals surface area (Å²) >= 11 is 0. The molecule has 3 heteroatoms. The zero-order valence-electron chi connectivity index (χ0n) is 20.2. The van der Waals surface area contributed by atoms with Gasteiger partial charge in [0.05, 0.1) is 11.1 Å². The van der Waals surface area contributed by atoms with Crippen molar-refractivity contribution in [2.24, 2.45) is 5.92 Å². The fraction of sp³-hybridized carbons (Fsp3) is 0.433. The van der Waals surface area contributed by atoms with E-state index in [0.717, 1.165) is 25.7 Å². The highest BCUT2D eigenvalue weighted by Gasteiger charge is 2.51. The summed E-state index contributed by atoms with van der Waals surface area (Å²) in [7, 11) is 0. The smallest absolute Gasteiger partial charge is 0.357 e. The largest absolute Gasteiger partial charge is 0.404 e. The maximum absolute atomic E-state index is 12.4. The van der Waals surface area contributed by atoms with Gasteiger partial charge in [-0.3, -0.25) is 0 Å². The third-order valence-corrected chi connectivity index (χ3v) is 5.89. The number of carbonyl (C=O) groups excluding carboxylic acids is 1. The average molecular weight is 466 g/mol. The highest BCUT2D eigenvalue weighted by molar-refractivity contribution is 5.89. The summed E-state index contributed by atoms with van der Waals surface area (Å²) in [5.74, 6) is 40.2. The Morgan fingerprint density at radius 1 is 0.848 bits per heavy atom.